The van der Waals surface area contributed by atoms with Crippen molar-refractivity contribution in [3.8, 4) is 0 Å². The maximum absolute atomic E-state index is 6.11. The van der Waals surface area contributed by atoms with Crippen LogP contribution in [-0.2, 0) is 0 Å². The minimum Gasteiger partial charge on any atom is -0.367 e. The van der Waals surface area contributed by atoms with Gasteiger partial charge in [-0.05, 0) is 31.5 Å². The number of hydrogen-bond acceptors (Lipinski definition) is 1. The molecule has 70 valence electrons. The Kier molecular flexibility index (Phi) is 2.52. The minimum atomic E-state index is 0.631. The van der Waals surface area contributed by atoms with Crippen LogP contribution < -0.4 is 4.90 Å². The van der Waals surface area contributed by atoms with Crippen molar-refractivity contribution in [2.45, 2.75) is 19.4 Å². The van der Waals surface area contributed by atoms with E-state index in [0.29, 0.717) is 6.04 Å². The van der Waals surface area contributed by atoms with Crippen molar-refractivity contribution in [2.24, 2.45) is 0 Å². The first-order chi connectivity index (χ1) is 6.18. The zero-order valence-electron chi connectivity index (χ0n) is 7.43. The Morgan fingerprint density at radius 1 is 1.54 bits per heavy atom. The third-order valence-electron chi connectivity index (χ3n) is 2.54. The molecule has 0 amide bonds. The number of benzene rings is 1. The molecule has 0 radical (unpaired) electrons. The van der Waals surface area contributed by atoms with E-state index < -0.39 is 0 Å². The Morgan fingerprint density at radius 2 is 2.31 bits per heavy atom. The summed E-state index contributed by atoms with van der Waals surface area (Å²) >= 11 is 9.56. The first-order valence-electron chi connectivity index (χ1n) is 4.40. The molecule has 1 saturated heterocycles. The van der Waals surface area contributed by atoms with E-state index in [1.54, 1.807) is 0 Å². The highest BCUT2D eigenvalue weighted by atomic mass is 79.9. The van der Waals surface area contributed by atoms with Crippen LogP contribution >= 0.6 is 27.5 Å². The maximum atomic E-state index is 6.11. The summed E-state index contributed by atoms with van der Waals surface area (Å²) in [6.45, 7) is 3.35. The van der Waals surface area contributed by atoms with E-state index >= 15 is 0 Å². The zero-order chi connectivity index (χ0) is 9.42. The summed E-state index contributed by atoms with van der Waals surface area (Å²) in [5.74, 6) is 0. The van der Waals surface area contributed by atoms with Crippen LogP contribution in [0.3, 0.4) is 0 Å². The topological polar surface area (TPSA) is 3.24 Å². The van der Waals surface area contributed by atoms with Crippen LogP contribution in [-0.4, -0.2) is 12.6 Å². The van der Waals surface area contributed by atoms with E-state index in [1.807, 2.05) is 12.1 Å². The third kappa shape index (κ3) is 1.70. The molecule has 1 aliphatic rings. The van der Waals surface area contributed by atoms with E-state index in [1.165, 1.54) is 6.42 Å². The molecular weight excluding hydrogens is 249 g/mol. The van der Waals surface area contributed by atoms with Crippen molar-refractivity contribution in [1.29, 1.82) is 0 Å². The quantitative estimate of drug-likeness (QED) is 0.744. The van der Waals surface area contributed by atoms with Crippen LogP contribution in [0.1, 0.15) is 13.3 Å². The Bertz CT molecular complexity index is 327. The van der Waals surface area contributed by atoms with Crippen molar-refractivity contribution in [1.82, 2.24) is 0 Å². The van der Waals surface area contributed by atoms with Gasteiger partial charge in [0.2, 0.25) is 0 Å². The second-order valence-electron chi connectivity index (χ2n) is 3.43. The second kappa shape index (κ2) is 3.50. The fourth-order valence-corrected chi connectivity index (χ4v) is 2.16. The Balaban J connectivity index is 2.33. The van der Waals surface area contributed by atoms with Gasteiger partial charge in [0, 0.05) is 17.1 Å². The molecule has 0 aromatic heterocycles. The molecule has 1 aliphatic heterocycles. The molecule has 1 aromatic carbocycles. The molecule has 3 heteroatoms. The SMILES string of the molecule is CC1CCN1c1cc(Br)ccc1Cl. The Hall–Kier alpha value is -0.210. The van der Waals surface area contributed by atoms with Gasteiger partial charge in [0.05, 0.1) is 10.7 Å². The van der Waals surface area contributed by atoms with Gasteiger partial charge in [0.15, 0.2) is 0 Å². The summed E-state index contributed by atoms with van der Waals surface area (Å²) in [5.41, 5.74) is 1.15. The van der Waals surface area contributed by atoms with Crippen molar-refractivity contribution in [2.75, 3.05) is 11.4 Å². The summed E-state index contributed by atoms with van der Waals surface area (Å²) in [7, 11) is 0. The summed E-state index contributed by atoms with van der Waals surface area (Å²) in [6, 6.07) is 6.62. The number of nitrogens with zero attached hydrogens (tertiary/aromatic N) is 1. The van der Waals surface area contributed by atoms with Crippen LogP contribution in [0, 0.1) is 0 Å². The molecule has 0 aliphatic carbocycles. The molecule has 1 unspecified atom stereocenters. The number of rotatable bonds is 1. The molecule has 1 aromatic rings. The lowest BCUT2D eigenvalue weighted by atomic mass is 10.0. The number of anilines is 1. The number of halogens is 2. The zero-order valence-corrected chi connectivity index (χ0v) is 9.77. The molecule has 0 saturated carbocycles. The predicted molar refractivity (Wildman–Crippen MR) is 60.6 cm³/mol. The lowest BCUT2D eigenvalue weighted by Crippen LogP contribution is -2.45. The highest BCUT2D eigenvalue weighted by Gasteiger charge is 2.25. The smallest absolute Gasteiger partial charge is 0.0640 e. The molecule has 0 N–H and O–H groups in total. The molecule has 1 atom stereocenters. The summed E-state index contributed by atoms with van der Waals surface area (Å²) in [6.07, 6.45) is 1.27. The van der Waals surface area contributed by atoms with E-state index in [2.05, 4.69) is 33.8 Å². The summed E-state index contributed by atoms with van der Waals surface area (Å²) in [5, 5.41) is 0.842. The number of hydrogen-bond donors (Lipinski definition) is 0. The lowest BCUT2D eigenvalue weighted by molar-refractivity contribution is 0.481. The molecular formula is C10H11BrClN. The van der Waals surface area contributed by atoms with Gasteiger partial charge >= 0.3 is 0 Å². The molecule has 1 fully saturated rings. The van der Waals surface area contributed by atoms with Gasteiger partial charge in [-0.3, -0.25) is 0 Å². The highest BCUT2D eigenvalue weighted by molar-refractivity contribution is 9.10. The Labute approximate surface area is 91.8 Å². The van der Waals surface area contributed by atoms with Crippen molar-refractivity contribution < 1.29 is 0 Å². The van der Waals surface area contributed by atoms with E-state index in [-0.39, 0.29) is 0 Å². The van der Waals surface area contributed by atoms with Crippen LogP contribution in [0.25, 0.3) is 0 Å². The average Bonchev–Trinajstić information content (AvgIpc) is 2.09. The van der Waals surface area contributed by atoms with Gasteiger partial charge < -0.3 is 4.90 Å². The van der Waals surface area contributed by atoms with Crippen LogP contribution in [0.15, 0.2) is 22.7 Å². The molecule has 1 heterocycles. The van der Waals surface area contributed by atoms with Gasteiger partial charge in [-0.15, -0.1) is 0 Å². The van der Waals surface area contributed by atoms with Gasteiger partial charge in [0.25, 0.3) is 0 Å². The van der Waals surface area contributed by atoms with E-state index in [4.69, 9.17) is 11.6 Å². The normalized spacial score (nSPS) is 21.5. The van der Waals surface area contributed by atoms with Gasteiger partial charge in [-0.1, -0.05) is 27.5 Å². The molecule has 0 spiro atoms. The largest absolute Gasteiger partial charge is 0.367 e. The summed E-state index contributed by atoms with van der Waals surface area (Å²) in [4.78, 5) is 2.33. The predicted octanol–water partition coefficient (Wildman–Crippen LogP) is 3.70. The molecule has 0 bridgehead atoms. The maximum Gasteiger partial charge on any atom is 0.0640 e. The highest BCUT2D eigenvalue weighted by Crippen LogP contribution is 2.34. The van der Waals surface area contributed by atoms with Crippen LogP contribution in [0.4, 0.5) is 5.69 Å². The van der Waals surface area contributed by atoms with E-state index in [9.17, 15) is 0 Å². The van der Waals surface area contributed by atoms with Crippen molar-refractivity contribution in [3.63, 3.8) is 0 Å². The fourth-order valence-electron chi connectivity index (χ4n) is 1.58. The summed E-state index contributed by atoms with van der Waals surface area (Å²) < 4.78 is 1.09. The van der Waals surface area contributed by atoms with Gasteiger partial charge in [-0.25, -0.2) is 0 Å². The Morgan fingerprint density at radius 3 is 2.85 bits per heavy atom. The standard InChI is InChI=1S/C10H11BrClN/c1-7-4-5-13(7)10-6-8(11)2-3-9(10)12/h2-3,6-7H,4-5H2,1H3. The minimum absolute atomic E-state index is 0.631. The molecule has 1 nitrogen and oxygen atoms in total. The van der Waals surface area contributed by atoms with Gasteiger partial charge in [-0.2, -0.15) is 0 Å². The first-order valence-corrected chi connectivity index (χ1v) is 5.57. The second-order valence-corrected chi connectivity index (χ2v) is 4.75. The van der Waals surface area contributed by atoms with Crippen molar-refractivity contribution >= 4 is 33.2 Å². The lowest BCUT2D eigenvalue weighted by Gasteiger charge is -2.41. The van der Waals surface area contributed by atoms with E-state index in [0.717, 1.165) is 21.7 Å². The van der Waals surface area contributed by atoms with Crippen molar-refractivity contribution in [3.05, 3.63) is 27.7 Å². The monoisotopic (exact) mass is 259 g/mol. The molecule has 2 rings (SSSR count). The van der Waals surface area contributed by atoms with Crippen LogP contribution in [0.2, 0.25) is 5.02 Å². The average molecular weight is 261 g/mol. The van der Waals surface area contributed by atoms with Gasteiger partial charge in [0.1, 0.15) is 0 Å². The molecule has 13 heavy (non-hydrogen) atoms. The van der Waals surface area contributed by atoms with Crippen LogP contribution in [0.5, 0.6) is 0 Å². The first kappa shape index (κ1) is 9.35. The third-order valence-corrected chi connectivity index (χ3v) is 3.35. The fraction of sp³-hybridized carbons (Fsp3) is 0.400.